The largest absolute Gasteiger partial charge is 0.333 e. The van der Waals surface area contributed by atoms with Crippen molar-refractivity contribution < 1.29 is 4.79 Å². The molecule has 3 heteroatoms. The van der Waals surface area contributed by atoms with Crippen molar-refractivity contribution in [3.8, 4) is 0 Å². The number of hydrogen-bond donors (Lipinski definition) is 1. The molecule has 0 rings (SSSR count). The normalized spacial score (nSPS) is 11.2. The van der Waals surface area contributed by atoms with Gasteiger partial charge in [0.15, 0.2) is 0 Å². The lowest BCUT2D eigenvalue weighted by Gasteiger charge is -2.29. The van der Waals surface area contributed by atoms with E-state index in [9.17, 15) is 4.79 Å². The lowest BCUT2D eigenvalue weighted by molar-refractivity contribution is 0.190. The van der Waals surface area contributed by atoms with Gasteiger partial charge in [0.05, 0.1) is 0 Å². The minimum atomic E-state index is -0.0889. The summed E-state index contributed by atoms with van der Waals surface area (Å²) in [6.45, 7) is 11.8. The molecule has 14 heavy (non-hydrogen) atoms. The smallest absolute Gasteiger partial charge is 0.317 e. The first-order chi connectivity index (χ1) is 6.46. The van der Waals surface area contributed by atoms with E-state index >= 15 is 0 Å². The van der Waals surface area contributed by atoms with Crippen LogP contribution in [0.1, 0.15) is 47.5 Å². The van der Waals surface area contributed by atoms with Gasteiger partial charge < -0.3 is 10.2 Å². The number of rotatable bonds is 5. The molecule has 0 aliphatic heterocycles. The van der Waals surface area contributed by atoms with E-state index in [4.69, 9.17) is 0 Å². The molecule has 0 aromatic rings. The second-order valence-electron chi connectivity index (χ2n) is 4.24. The van der Waals surface area contributed by atoms with Crippen LogP contribution in [-0.4, -0.2) is 29.6 Å². The van der Waals surface area contributed by atoms with E-state index in [0.29, 0.717) is 0 Å². The molecule has 0 radical (unpaired) electrons. The highest BCUT2D eigenvalue weighted by molar-refractivity contribution is 5.74. The van der Waals surface area contributed by atoms with E-state index < -0.39 is 0 Å². The van der Waals surface area contributed by atoms with Crippen LogP contribution in [0.3, 0.4) is 0 Å². The Morgan fingerprint density at radius 1 is 1.21 bits per heavy atom. The van der Waals surface area contributed by atoms with Crippen molar-refractivity contribution in [2.45, 2.75) is 53.0 Å². The summed E-state index contributed by atoms with van der Waals surface area (Å²) in [7, 11) is 0. The molecule has 0 unspecified atom stereocenters. The van der Waals surface area contributed by atoms with Gasteiger partial charge in [0.1, 0.15) is 0 Å². The van der Waals surface area contributed by atoms with Gasteiger partial charge in [-0.3, -0.25) is 0 Å². The number of nitrogens with one attached hydrogen (secondary N) is 1. The number of carbonyl (C=O) groups excluding carboxylic acids is 1. The first-order valence-electron chi connectivity index (χ1n) is 5.54. The molecule has 0 fully saturated rings. The summed E-state index contributed by atoms with van der Waals surface area (Å²) in [4.78, 5) is 13.5. The lowest BCUT2D eigenvalue weighted by atomic mass is 9.99. The van der Waals surface area contributed by atoms with Crippen LogP contribution in [0.2, 0.25) is 0 Å². The third-order valence-electron chi connectivity index (χ3n) is 2.37. The summed E-state index contributed by atoms with van der Waals surface area (Å²) in [5.74, 6) is 0. The van der Waals surface area contributed by atoms with Gasteiger partial charge in [-0.15, -0.1) is 0 Å². The predicted octanol–water partition coefficient (Wildman–Crippen LogP) is 2.62. The van der Waals surface area contributed by atoms with Gasteiger partial charge in [-0.05, 0) is 34.1 Å². The number of carbonyl (C=O) groups is 1. The van der Waals surface area contributed by atoms with Crippen LogP contribution in [-0.2, 0) is 0 Å². The first-order valence-corrected chi connectivity index (χ1v) is 5.54. The van der Waals surface area contributed by atoms with Gasteiger partial charge in [0.25, 0.3) is 0 Å². The first kappa shape index (κ1) is 13.3. The van der Waals surface area contributed by atoms with Crippen molar-refractivity contribution >= 4 is 6.03 Å². The minimum absolute atomic E-state index is 0.0495. The summed E-state index contributed by atoms with van der Waals surface area (Å²) in [5, 5.41) is 3.05. The van der Waals surface area contributed by atoms with Crippen molar-refractivity contribution in [2.24, 2.45) is 0 Å². The lowest BCUT2D eigenvalue weighted by Crippen LogP contribution is -2.49. The fourth-order valence-electron chi connectivity index (χ4n) is 1.57. The van der Waals surface area contributed by atoms with Gasteiger partial charge in [0.2, 0.25) is 0 Å². The topological polar surface area (TPSA) is 32.3 Å². The molecule has 0 aromatic carbocycles. The van der Waals surface area contributed by atoms with Gasteiger partial charge in [-0.1, -0.05) is 13.3 Å². The average Bonchev–Trinajstić information content (AvgIpc) is 2.04. The third kappa shape index (κ3) is 4.49. The zero-order valence-corrected chi connectivity index (χ0v) is 10.2. The maximum atomic E-state index is 11.7. The number of nitrogens with zero attached hydrogens (tertiary/aromatic N) is 1. The Labute approximate surface area is 87.9 Å². The quantitative estimate of drug-likeness (QED) is 0.727. The number of amides is 2. The van der Waals surface area contributed by atoms with Gasteiger partial charge in [-0.2, -0.15) is 0 Å². The fourth-order valence-corrected chi connectivity index (χ4v) is 1.57. The third-order valence-corrected chi connectivity index (χ3v) is 2.37. The Kier molecular flexibility index (Phi) is 5.58. The Morgan fingerprint density at radius 2 is 1.71 bits per heavy atom. The van der Waals surface area contributed by atoms with E-state index in [1.165, 1.54) is 0 Å². The molecule has 0 aromatic heterocycles. The molecule has 2 amide bonds. The molecule has 0 bridgehead atoms. The van der Waals surface area contributed by atoms with Crippen molar-refractivity contribution in [1.29, 1.82) is 0 Å². The number of urea groups is 1. The maximum Gasteiger partial charge on any atom is 0.317 e. The molecular formula is C11H24N2O. The Morgan fingerprint density at radius 3 is 2.07 bits per heavy atom. The van der Waals surface area contributed by atoms with E-state index in [-0.39, 0.29) is 11.6 Å². The van der Waals surface area contributed by atoms with Crippen molar-refractivity contribution in [3.63, 3.8) is 0 Å². The van der Waals surface area contributed by atoms with E-state index in [1.807, 2.05) is 13.8 Å². The zero-order chi connectivity index (χ0) is 11.2. The molecule has 0 aliphatic carbocycles. The molecule has 84 valence electrons. The van der Waals surface area contributed by atoms with Gasteiger partial charge in [-0.25, -0.2) is 4.79 Å². The molecular weight excluding hydrogens is 176 g/mol. The molecule has 0 heterocycles. The molecule has 0 aliphatic rings. The highest BCUT2D eigenvalue weighted by Gasteiger charge is 2.21. The van der Waals surface area contributed by atoms with Crippen LogP contribution in [0.15, 0.2) is 0 Å². The highest BCUT2D eigenvalue weighted by atomic mass is 16.2. The molecule has 0 saturated carbocycles. The second-order valence-corrected chi connectivity index (χ2v) is 4.24. The van der Waals surface area contributed by atoms with Crippen molar-refractivity contribution in [3.05, 3.63) is 0 Å². The number of hydrogen-bond acceptors (Lipinski definition) is 1. The van der Waals surface area contributed by atoms with Crippen LogP contribution in [0.5, 0.6) is 0 Å². The van der Waals surface area contributed by atoms with Crippen LogP contribution >= 0.6 is 0 Å². The summed E-state index contributed by atoms with van der Waals surface area (Å²) < 4.78 is 0. The molecule has 0 saturated heterocycles. The maximum absolute atomic E-state index is 11.7. The molecule has 3 nitrogen and oxygen atoms in total. The van der Waals surface area contributed by atoms with Crippen LogP contribution in [0.25, 0.3) is 0 Å². The SMILES string of the molecule is CCCC(C)(C)NC(=O)N(CC)CC. The monoisotopic (exact) mass is 200 g/mol. The second kappa shape index (κ2) is 5.89. The van der Waals surface area contributed by atoms with Crippen molar-refractivity contribution in [1.82, 2.24) is 10.2 Å². The van der Waals surface area contributed by atoms with Gasteiger partial charge in [0, 0.05) is 18.6 Å². The summed E-state index contributed by atoms with van der Waals surface area (Å²) >= 11 is 0. The Bertz CT molecular complexity index is 174. The predicted molar refractivity (Wildman–Crippen MR) is 60.4 cm³/mol. The van der Waals surface area contributed by atoms with Crippen molar-refractivity contribution in [2.75, 3.05) is 13.1 Å². The van der Waals surface area contributed by atoms with Crippen LogP contribution in [0, 0.1) is 0 Å². The highest BCUT2D eigenvalue weighted by Crippen LogP contribution is 2.11. The molecule has 0 atom stereocenters. The standard InChI is InChI=1S/C11H24N2O/c1-6-9-11(4,5)12-10(14)13(7-2)8-3/h6-9H2,1-5H3,(H,12,14). The van der Waals surface area contributed by atoms with E-state index in [1.54, 1.807) is 4.90 Å². The summed E-state index contributed by atoms with van der Waals surface area (Å²) in [6.07, 6.45) is 2.10. The molecule has 1 N–H and O–H groups in total. The Balaban J connectivity index is 4.15. The van der Waals surface area contributed by atoms with Gasteiger partial charge >= 0.3 is 6.03 Å². The Hall–Kier alpha value is -0.730. The van der Waals surface area contributed by atoms with Crippen LogP contribution in [0.4, 0.5) is 4.79 Å². The summed E-state index contributed by atoms with van der Waals surface area (Å²) in [6, 6.07) is 0.0495. The minimum Gasteiger partial charge on any atom is -0.333 e. The van der Waals surface area contributed by atoms with Crippen LogP contribution < -0.4 is 5.32 Å². The summed E-state index contributed by atoms with van der Waals surface area (Å²) in [5.41, 5.74) is -0.0889. The van der Waals surface area contributed by atoms with E-state index in [0.717, 1.165) is 25.9 Å². The fraction of sp³-hybridized carbons (Fsp3) is 0.909. The average molecular weight is 200 g/mol. The molecule has 0 spiro atoms. The van der Waals surface area contributed by atoms with E-state index in [2.05, 4.69) is 26.1 Å². The zero-order valence-electron chi connectivity index (χ0n) is 10.2.